The topological polar surface area (TPSA) is 260 Å². The Bertz CT molecular complexity index is 686. The number of aliphatic hydroxyl groups is 10. The highest BCUT2D eigenvalue weighted by molar-refractivity contribution is 5.82. The number of nitrogens with one attached hydrogen (secondary N) is 2. The van der Waals surface area contributed by atoms with Gasteiger partial charge in [0.15, 0.2) is 12.2 Å². The average molecular weight is 627 g/mol. The molecule has 0 saturated heterocycles. The molecule has 0 saturated carbocycles. The van der Waals surface area contributed by atoms with Crippen molar-refractivity contribution in [3.63, 3.8) is 0 Å². The highest BCUT2D eigenvalue weighted by Gasteiger charge is 2.38. The zero-order valence-electron chi connectivity index (χ0n) is 25.7. The summed E-state index contributed by atoms with van der Waals surface area (Å²) in [6.45, 7) is 2.22. The molecule has 256 valence electrons. The summed E-state index contributed by atoms with van der Waals surface area (Å²) in [5.41, 5.74) is -0.786. The van der Waals surface area contributed by atoms with Gasteiger partial charge in [0.05, 0.1) is 13.2 Å². The lowest BCUT2D eigenvalue weighted by Gasteiger charge is -2.36. The molecule has 0 aliphatic heterocycles. The predicted molar refractivity (Wildman–Crippen MR) is 157 cm³/mol. The molecule has 0 bridgehead atoms. The third kappa shape index (κ3) is 15.4. The van der Waals surface area contributed by atoms with Crippen LogP contribution in [-0.2, 0) is 9.59 Å². The molecule has 0 spiro atoms. The fourth-order valence-electron chi connectivity index (χ4n) is 4.86. The molecule has 0 heterocycles. The van der Waals surface area contributed by atoms with Crippen LogP contribution in [0.1, 0.15) is 90.9 Å². The monoisotopic (exact) mass is 626 g/mol. The summed E-state index contributed by atoms with van der Waals surface area (Å²) in [5.74, 6) is -2.08. The summed E-state index contributed by atoms with van der Waals surface area (Å²) in [5, 5.41) is 103. The van der Waals surface area contributed by atoms with E-state index in [2.05, 4.69) is 24.5 Å². The molecule has 0 radical (unpaired) electrons. The fourth-order valence-corrected chi connectivity index (χ4v) is 4.86. The number of carbonyl (C=O) groups is 2. The molecule has 0 aliphatic rings. The Hall–Kier alpha value is -1.46. The Kier molecular flexibility index (Phi) is 22.2. The summed E-state index contributed by atoms with van der Waals surface area (Å²) in [6.07, 6.45) is -5.58. The molecule has 14 nitrogen and oxygen atoms in total. The molecule has 0 aromatic heterocycles. The molecule has 0 unspecified atom stereocenters. The lowest BCUT2D eigenvalue weighted by Crippen LogP contribution is -2.55. The van der Waals surface area contributed by atoms with Crippen LogP contribution in [0, 0.1) is 5.41 Å². The van der Waals surface area contributed by atoms with Crippen molar-refractivity contribution in [1.82, 2.24) is 10.6 Å². The van der Waals surface area contributed by atoms with E-state index >= 15 is 0 Å². The van der Waals surface area contributed by atoms with E-state index in [0.717, 1.165) is 64.2 Å². The summed E-state index contributed by atoms with van der Waals surface area (Å²) in [6, 6.07) is 0. The van der Waals surface area contributed by atoms with Crippen LogP contribution in [0.15, 0.2) is 0 Å². The van der Waals surface area contributed by atoms with Crippen LogP contribution in [0.5, 0.6) is 0 Å². The van der Waals surface area contributed by atoms with E-state index in [0.29, 0.717) is 12.8 Å². The lowest BCUT2D eigenvalue weighted by atomic mass is 9.77. The molecular weight excluding hydrogens is 568 g/mol. The minimum absolute atomic E-state index is 0.0689. The third-order valence-corrected chi connectivity index (χ3v) is 7.94. The Balaban J connectivity index is 5.86. The first-order valence-electron chi connectivity index (χ1n) is 15.5. The van der Waals surface area contributed by atoms with Crippen molar-refractivity contribution >= 4 is 11.8 Å². The minimum Gasteiger partial charge on any atom is -0.394 e. The van der Waals surface area contributed by atoms with Crippen LogP contribution >= 0.6 is 0 Å². The Morgan fingerprint density at radius 3 is 1.16 bits per heavy atom. The summed E-state index contributed by atoms with van der Waals surface area (Å²) < 4.78 is 0. The fraction of sp³-hybridized carbons (Fsp3) is 0.931. The summed E-state index contributed by atoms with van der Waals surface area (Å²) in [4.78, 5) is 25.5. The SMILES string of the molecule is CCCCCCCC(CCCCCCC)(CNC(=O)[C@H](O)[C@@H](O)[C@H](O)[C@H](O)CO)CNC(=O)[C@H](O)[C@@H](O)[C@H](O)[C@H](O)CO. The van der Waals surface area contributed by atoms with Gasteiger partial charge in [-0.3, -0.25) is 9.59 Å². The third-order valence-electron chi connectivity index (χ3n) is 7.94. The van der Waals surface area contributed by atoms with E-state index in [4.69, 9.17) is 10.2 Å². The smallest absolute Gasteiger partial charge is 0.251 e. The lowest BCUT2D eigenvalue weighted by molar-refractivity contribution is -0.149. The van der Waals surface area contributed by atoms with Gasteiger partial charge in [0.2, 0.25) is 0 Å². The summed E-state index contributed by atoms with van der Waals surface area (Å²) in [7, 11) is 0. The van der Waals surface area contributed by atoms with Gasteiger partial charge < -0.3 is 61.7 Å². The van der Waals surface area contributed by atoms with Crippen molar-refractivity contribution in [2.45, 2.75) is 140 Å². The maximum absolute atomic E-state index is 12.8. The van der Waals surface area contributed by atoms with Gasteiger partial charge in [-0.15, -0.1) is 0 Å². The molecule has 8 atom stereocenters. The summed E-state index contributed by atoms with van der Waals surface area (Å²) >= 11 is 0. The molecule has 0 rings (SSSR count). The van der Waals surface area contributed by atoms with Crippen LogP contribution in [-0.4, -0.2) is 138 Å². The van der Waals surface area contributed by atoms with E-state index in [9.17, 15) is 50.4 Å². The van der Waals surface area contributed by atoms with Crippen molar-refractivity contribution in [1.29, 1.82) is 0 Å². The quantitative estimate of drug-likeness (QED) is 0.0457. The number of carbonyl (C=O) groups excluding carboxylic acids is 2. The van der Waals surface area contributed by atoms with Gasteiger partial charge >= 0.3 is 0 Å². The zero-order valence-corrected chi connectivity index (χ0v) is 25.7. The average Bonchev–Trinajstić information content (AvgIpc) is 3.02. The first-order chi connectivity index (χ1) is 20.3. The van der Waals surface area contributed by atoms with Crippen molar-refractivity contribution in [2.75, 3.05) is 26.3 Å². The van der Waals surface area contributed by atoms with Gasteiger partial charge in [-0.1, -0.05) is 78.1 Å². The molecule has 43 heavy (non-hydrogen) atoms. The first-order valence-corrected chi connectivity index (χ1v) is 15.5. The second kappa shape index (κ2) is 23.0. The van der Waals surface area contributed by atoms with E-state index in [1.54, 1.807) is 0 Å². The molecule has 14 heteroatoms. The maximum Gasteiger partial charge on any atom is 0.251 e. The van der Waals surface area contributed by atoms with E-state index in [-0.39, 0.29) is 13.1 Å². The molecule has 0 aromatic carbocycles. The number of amides is 2. The van der Waals surface area contributed by atoms with Gasteiger partial charge in [0.25, 0.3) is 11.8 Å². The number of hydrogen-bond donors (Lipinski definition) is 12. The molecule has 0 fully saturated rings. The Morgan fingerprint density at radius 1 is 0.535 bits per heavy atom. The van der Waals surface area contributed by atoms with Crippen LogP contribution < -0.4 is 10.6 Å². The van der Waals surface area contributed by atoms with Gasteiger partial charge in [-0.25, -0.2) is 0 Å². The van der Waals surface area contributed by atoms with Gasteiger partial charge in [-0.2, -0.15) is 0 Å². The number of unbranched alkanes of at least 4 members (excludes halogenated alkanes) is 8. The van der Waals surface area contributed by atoms with Crippen LogP contribution in [0.3, 0.4) is 0 Å². The maximum atomic E-state index is 12.8. The number of rotatable bonds is 26. The van der Waals surface area contributed by atoms with Crippen molar-refractivity contribution in [3.8, 4) is 0 Å². The van der Waals surface area contributed by atoms with E-state index in [1.165, 1.54) is 0 Å². The second-order valence-corrected chi connectivity index (χ2v) is 11.6. The Labute approximate surface area is 254 Å². The van der Waals surface area contributed by atoms with Crippen molar-refractivity contribution in [2.24, 2.45) is 5.41 Å². The number of aliphatic hydroxyl groups excluding tert-OH is 10. The molecule has 12 N–H and O–H groups in total. The van der Waals surface area contributed by atoms with Gasteiger partial charge in [0.1, 0.15) is 36.6 Å². The normalized spacial score (nSPS) is 17.8. The van der Waals surface area contributed by atoms with Crippen molar-refractivity contribution in [3.05, 3.63) is 0 Å². The van der Waals surface area contributed by atoms with Crippen LogP contribution in [0.25, 0.3) is 0 Å². The van der Waals surface area contributed by atoms with Gasteiger partial charge in [0, 0.05) is 18.5 Å². The highest BCUT2D eigenvalue weighted by Crippen LogP contribution is 2.31. The van der Waals surface area contributed by atoms with Gasteiger partial charge in [-0.05, 0) is 12.8 Å². The predicted octanol–water partition coefficient (Wildman–Crippen LogP) is -2.20. The standard InChI is InChI=1S/C29H58N2O12/c1-3-5-7-9-11-13-29(14-12-10-8-6-4-2,17-30-27(42)25(40)23(38)21(36)19(34)15-32)18-31-28(43)26(41)24(39)22(37)20(35)16-33/h19-26,32-41H,3-18H2,1-2H3,(H,30,42)(H,31,43)/t19-,20-,21-,22-,23+,24+,25-,26-/m1/s1. The largest absolute Gasteiger partial charge is 0.394 e. The first kappa shape index (κ1) is 41.5. The van der Waals surface area contributed by atoms with Crippen molar-refractivity contribution < 1.29 is 60.7 Å². The highest BCUT2D eigenvalue weighted by atomic mass is 16.4. The second-order valence-electron chi connectivity index (χ2n) is 11.6. The number of hydrogen-bond acceptors (Lipinski definition) is 12. The molecule has 0 aromatic rings. The van der Waals surface area contributed by atoms with E-state index < -0.39 is 79.3 Å². The van der Waals surface area contributed by atoms with E-state index in [1.807, 2.05) is 0 Å². The molecule has 2 amide bonds. The minimum atomic E-state index is -2.13. The van der Waals surface area contributed by atoms with Crippen LogP contribution in [0.4, 0.5) is 0 Å². The zero-order chi connectivity index (χ0) is 33.0. The van der Waals surface area contributed by atoms with Crippen LogP contribution in [0.2, 0.25) is 0 Å². The molecule has 0 aliphatic carbocycles. The molecular formula is C29H58N2O12. The Morgan fingerprint density at radius 2 is 0.860 bits per heavy atom.